The van der Waals surface area contributed by atoms with Gasteiger partial charge in [-0.15, -0.1) is 0 Å². The van der Waals surface area contributed by atoms with Gasteiger partial charge < -0.3 is 14.9 Å². The third-order valence-corrected chi connectivity index (χ3v) is 3.69. The molecule has 2 aromatic rings. The van der Waals surface area contributed by atoms with Crippen LogP contribution in [0.1, 0.15) is 36.3 Å². The number of benzene rings is 2. The summed E-state index contributed by atoms with van der Waals surface area (Å²) in [5, 5.41) is 18.9. The number of phenolic OH excluding ortho intramolecular Hbond substituents is 2. The monoisotopic (exact) mass is 300 g/mol. The Kier molecular flexibility index (Phi) is 5.42. The summed E-state index contributed by atoms with van der Waals surface area (Å²) in [6.45, 7) is 0. The average Bonchev–Trinajstić information content (AvgIpc) is 2.53. The van der Waals surface area contributed by atoms with Crippen molar-refractivity contribution in [2.24, 2.45) is 0 Å². The van der Waals surface area contributed by atoms with Gasteiger partial charge in [-0.2, -0.15) is 0 Å². The highest BCUT2D eigenvalue weighted by Crippen LogP contribution is 2.31. The molecule has 0 aliphatic carbocycles. The van der Waals surface area contributed by atoms with Crippen LogP contribution in [0, 0.1) is 0 Å². The van der Waals surface area contributed by atoms with E-state index in [4.69, 9.17) is 0 Å². The van der Waals surface area contributed by atoms with E-state index in [-0.39, 0.29) is 23.4 Å². The number of aromatic hydroxyl groups is 2. The van der Waals surface area contributed by atoms with Crippen LogP contribution < -0.4 is 0 Å². The van der Waals surface area contributed by atoms with Gasteiger partial charge in [0.1, 0.15) is 11.5 Å². The van der Waals surface area contributed by atoms with Crippen LogP contribution in [0.3, 0.4) is 0 Å². The molecule has 2 N–H and O–H groups in total. The Morgan fingerprint density at radius 2 is 1.41 bits per heavy atom. The predicted octanol–water partition coefficient (Wildman–Crippen LogP) is 3.57. The van der Waals surface area contributed by atoms with E-state index in [0.717, 1.165) is 17.5 Å². The summed E-state index contributed by atoms with van der Waals surface area (Å²) in [7, 11) is 1.39. The van der Waals surface area contributed by atoms with Crippen LogP contribution in [0.15, 0.2) is 48.5 Å². The lowest BCUT2D eigenvalue weighted by Gasteiger charge is -2.18. The van der Waals surface area contributed by atoms with E-state index in [0.29, 0.717) is 12.8 Å². The van der Waals surface area contributed by atoms with E-state index >= 15 is 0 Å². The van der Waals surface area contributed by atoms with Gasteiger partial charge in [0.05, 0.1) is 7.11 Å². The van der Waals surface area contributed by atoms with E-state index < -0.39 is 0 Å². The molecule has 4 nitrogen and oxygen atoms in total. The van der Waals surface area contributed by atoms with Gasteiger partial charge >= 0.3 is 5.97 Å². The van der Waals surface area contributed by atoms with Gasteiger partial charge in [0, 0.05) is 12.3 Å². The average molecular weight is 300 g/mol. The van der Waals surface area contributed by atoms with Gasteiger partial charge in [0.25, 0.3) is 0 Å². The van der Waals surface area contributed by atoms with E-state index in [1.165, 1.54) is 7.11 Å². The van der Waals surface area contributed by atoms with Gasteiger partial charge in [0.15, 0.2) is 0 Å². The van der Waals surface area contributed by atoms with Crippen molar-refractivity contribution < 1.29 is 19.7 Å². The standard InChI is InChI=1S/C18H20O4/c1-22-18(21)4-2-3-17(13-5-9-15(19)10-6-13)14-7-11-16(20)12-8-14/h5-12,17,19-20H,2-4H2,1H3. The first-order valence-electron chi connectivity index (χ1n) is 7.25. The van der Waals surface area contributed by atoms with Gasteiger partial charge in [-0.25, -0.2) is 0 Å². The van der Waals surface area contributed by atoms with Crippen LogP contribution in [0.25, 0.3) is 0 Å². The van der Waals surface area contributed by atoms with Crippen LogP contribution >= 0.6 is 0 Å². The molecule has 116 valence electrons. The molecule has 4 heteroatoms. The molecule has 0 aromatic heterocycles. The van der Waals surface area contributed by atoms with Gasteiger partial charge in [-0.3, -0.25) is 4.79 Å². The maximum Gasteiger partial charge on any atom is 0.305 e. The zero-order valence-electron chi connectivity index (χ0n) is 12.5. The molecular formula is C18H20O4. The molecular weight excluding hydrogens is 280 g/mol. The molecule has 22 heavy (non-hydrogen) atoms. The van der Waals surface area contributed by atoms with Crippen LogP contribution in [0.5, 0.6) is 11.5 Å². The predicted molar refractivity (Wildman–Crippen MR) is 83.9 cm³/mol. The number of esters is 1. The summed E-state index contributed by atoms with van der Waals surface area (Å²) in [6.07, 6.45) is 1.87. The molecule has 0 fully saturated rings. The summed E-state index contributed by atoms with van der Waals surface area (Å²) < 4.78 is 4.67. The van der Waals surface area contributed by atoms with Crippen molar-refractivity contribution in [1.82, 2.24) is 0 Å². The van der Waals surface area contributed by atoms with Crippen LogP contribution in [-0.2, 0) is 9.53 Å². The first-order valence-corrected chi connectivity index (χ1v) is 7.25. The van der Waals surface area contributed by atoms with Crippen molar-refractivity contribution in [1.29, 1.82) is 0 Å². The molecule has 0 amide bonds. The second-order valence-corrected chi connectivity index (χ2v) is 5.20. The summed E-state index contributed by atoms with van der Waals surface area (Å²) in [5.74, 6) is 0.339. The second kappa shape index (κ2) is 7.50. The van der Waals surface area contributed by atoms with Gasteiger partial charge in [-0.1, -0.05) is 24.3 Å². The smallest absolute Gasteiger partial charge is 0.305 e. The lowest BCUT2D eigenvalue weighted by molar-refractivity contribution is -0.140. The maximum absolute atomic E-state index is 11.3. The number of hydrogen-bond donors (Lipinski definition) is 2. The Labute approximate surface area is 130 Å². The van der Waals surface area contributed by atoms with E-state index in [1.807, 2.05) is 24.3 Å². The lowest BCUT2D eigenvalue weighted by atomic mass is 9.87. The van der Waals surface area contributed by atoms with Crippen LogP contribution in [0.2, 0.25) is 0 Å². The molecule has 0 atom stereocenters. The molecule has 0 spiro atoms. The fourth-order valence-electron chi connectivity index (χ4n) is 2.49. The Morgan fingerprint density at radius 3 is 1.82 bits per heavy atom. The second-order valence-electron chi connectivity index (χ2n) is 5.20. The minimum Gasteiger partial charge on any atom is -0.508 e. The number of carbonyl (C=O) groups is 1. The molecule has 0 aliphatic heterocycles. The van der Waals surface area contributed by atoms with E-state index in [9.17, 15) is 15.0 Å². The maximum atomic E-state index is 11.3. The van der Waals surface area contributed by atoms with Crippen molar-refractivity contribution >= 4 is 5.97 Å². The fourth-order valence-corrected chi connectivity index (χ4v) is 2.49. The van der Waals surface area contributed by atoms with E-state index in [1.54, 1.807) is 24.3 Å². The molecule has 0 bridgehead atoms. The molecule has 0 saturated carbocycles. The van der Waals surface area contributed by atoms with Gasteiger partial charge in [0.2, 0.25) is 0 Å². The highest BCUT2D eigenvalue weighted by atomic mass is 16.5. The minimum absolute atomic E-state index is 0.103. The lowest BCUT2D eigenvalue weighted by Crippen LogP contribution is -2.04. The molecule has 2 rings (SSSR count). The van der Waals surface area contributed by atoms with Crippen molar-refractivity contribution in [3.05, 3.63) is 59.7 Å². The Hall–Kier alpha value is -2.49. The van der Waals surface area contributed by atoms with Crippen LogP contribution in [-0.4, -0.2) is 23.3 Å². The number of methoxy groups -OCH3 is 1. The van der Waals surface area contributed by atoms with Crippen molar-refractivity contribution in [3.63, 3.8) is 0 Å². The third kappa shape index (κ3) is 4.25. The topological polar surface area (TPSA) is 66.8 Å². The third-order valence-electron chi connectivity index (χ3n) is 3.69. The minimum atomic E-state index is -0.213. The summed E-state index contributed by atoms with van der Waals surface area (Å²) in [5.41, 5.74) is 2.13. The Balaban J connectivity index is 2.18. The first kappa shape index (κ1) is 15.9. The highest BCUT2D eigenvalue weighted by Gasteiger charge is 2.15. The summed E-state index contributed by atoms with van der Waals surface area (Å²) in [6, 6.07) is 14.1. The molecule has 0 saturated heterocycles. The summed E-state index contributed by atoms with van der Waals surface area (Å²) in [4.78, 5) is 11.3. The molecule has 0 unspecified atom stereocenters. The fraction of sp³-hybridized carbons (Fsp3) is 0.278. The normalized spacial score (nSPS) is 10.6. The molecule has 0 radical (unpaired) electrons. The highest BCUT2D eigenvalue weighted by molar-refractivity contribution is 5.69. The number of rotatable bonds is 6. The van der Waals surface area contributed by atoms with Crippen molar-refractivity contribution in [2.75, 3.05) is 7.11 Å². The Morgan fingerprint density at radius 1 is 0.955 bits per heavy atom. The number of hydrogen-bond acceptors (Lipinski definition) is 4. The number of carbonyl (C=O) groups excluding carboxylic acids is 1. The molecule has 2 aromatic carbocycles. The zero-order chi connectivity index (χ0) is 15.9. The number of ether oxygens (including phenoxy) is 1. The first-order chi connectivity index (χ1) is 10.6. The van der Waals surface area contributed by atoms with Crippen LogP contribution in [0.4, 0.5) is 0 Å². The number of phenols is 2. The zero-order valence-corrected chi connectivity index (χ0v) is 12.5. The quantitative estimate of drug-likeness (QED) is 0.800. The SMILES string of the molecule is COC(=O)CCCC(c1ccc(O)cc1)c1ccc(O)cc1. The van der Waals surface area contributed by atoms with E-state index in [2.05, 4.69) is 4.74 Å². The summed E-state index contributed by atoms with van der Waals surface area (Å²) >= 11 is 0. The van der Waals surface area contributed by atoms with Gasteiger partial charge in [-0.05, 0) is 48.2 Å². The van der Waals surface area contributed by atoms with Crippen molar-refractivity contribution in [3.8, 4) is 11.5 Å². The molecule has 0 heterocycles. The molecule has 0 aliphatic rings. The van der Waals surface area contributed by atoms with Crippen molar-refractivity contribution in [2.45, 2.75) is 25.2 Å². The Bertz CT molecular complexity index is 556. The largest absolute Gasteiger partial charge is 0.508 e.